The Morgan fingerprint density at radius 2 is 1.71 bits per heavy atom. The average Bonchev–Trinajstić information content (AvgIpc) is 2.74. The molecule has 2 aromatic carbocycles. The van der Waals surface area contributed by atoms with Crippen LogP contribution in [0.3, 0.4) is 0 Å². The zero-order valence-electron chi connectivity index (χ0n) is 17.8. The van der Waals surface area contributed by atoms with Gasteiger partial charge in [-0.05, 0) is 56.5 Å². The molecule has 3 nitrogen and oxygen atoms in total. The van der Waals surface area contributed by atoms with Crippen LogP contribution in [0.2, 0.25) is 5.02 Å². The fourth-order valence-electron chi connectivity index (χ4n) is 4.74. The molecule has 2 unspecified atom stereocenters. The largest absolute Gasteiger partial charge is 0.490 e. The van der Waals surface area contributed by atoms with Gasteiger partial charge < -0.3 is 14.2 Å². The minimum absolute atomic E-state index is 0.00180. The first-order valence-electron chi connectivity index (χ1n) is 10.5. The monoisotopic (exact) mass is 448 g/mol. The SMILES string of the molecule is C=CCC1(C2COc3c(F)ccc(F)c3C2Cc2ccc(Cl)cc2)COC(C)(C)OC1. The minimum atomic E-state index is -0.693. The van der Waals surface area contributed by atoms with E-state index in [1.165, 1.54) is 6.07 Å². The molecule has 1 fully saturated rings. The standard InChI is InChI=1S/C25H27ClF2O3/c1-4-11-25(14-30-24(2,3)31-15-25)19-13-29-23-21(28)10-9-20(27)22(23)18(19)12-16-5-7-17(26)8-6-16/h4-10,18-19H,1,11-15H2,2-3H3. The van der Waals surface area contributed by atoms with Gasteiger partial charge in [-0.15, -0.1) is 6.58 Å². The summed E-state index contributed by atoms with van der Waals surface area (Å²) in [4.78, 5) is 0. The summed E-state index contributed by atoms with van der Waals surface area (Å²) < 4.78 is 47.5. The van der Waals surface area contributed by atoms with Crippen molar-refractivity contribution in [2.45, 2.75) is 38.4 Å². The molecule has 31 heavy (non-hydrogen) atoms. The zero-order chi connectivity index (χ0) is 22.2. The lowest BCUT2D eigenvalue weighted by Gasteiger charge is -2.51. The Balaban J connectivity index is 1.78. The summed E-state index contributed by atoms with van der Waals surface area (Å²) in [5, 5.41) is 0.629. The number of ether oxygens (including phenoxy) is 3. The van der Waals surface area contributed by atoms with E-state index in [0.717, 1.165) is 11.6 Å². The van der Waals surface area contributed by atoms with Gasteiger partial charge in [-0.1, -0.05) is 29.8 Å². The maximum absolute atomic E-state index is 15.1. The summed E-state index contributed by atoms with van der Waals surface area (Å²) >= 11 is 6.05. The molecule has 0 bridgehead atoms. The molecule has 0 amide bonds. The van der Waals surface area contributed by atoms with Crippen LogP contribution in [0.4, 0.5) is 8.78 Å². The maximum Gasteiger partial charge on any atom is 0.165 e. The number of rotatable bonds is 5. The molecule has 0 aliphatic carbocycles. The van der Waals surface area contributed by atoms with Gasteiger partial charge in [0.2, 0.25) is 0 Å². The molecule has 2 atom stereocenters. The van der Waals surface area contributed by atoms with Crippen molar-refractivity contribution in [3.63, 3.8) is 0 Å². The smallest absolute Gasteiger partial charge is 0.165 e. The van der Waals surface area contributed by atoms with Gasteiger partial charge in [0.05, 0.1) is 19.8 Å². The average molecular weight is 449 g/mol. The third kappa shape index (κ3) is 4.36. The highest BCUT2D eigenvalue weighted by atomic mass is 35.5. The summed E-state index contributed by atoms with van der Waals surface area (Å²) in [5.41, 5.74) is 0.798. The lowest BCUT2D eigenvalue weighted by atomic mass is 9.64. The molecule has 2 heterocycles. The van der Waals surface area contributed by atoms with Crippen molar-refractivity contribution < 1.29 is 23.0 Å². The van der Waals surface area contributed by atoms with E-state index in [1.54, 1.807) is 0 Å². The molecule has 0 saturated carbocycles. The quantitative estimate of drug-likeness (QED) is 0.502. The van der Waals surface area contributed by atoms with E-state index in [9.17, 15) is 4.39 Å². The first-order chi connectivity index (χ1) is 14.7. The van der Waals surface area contributed by atoms with Gasteiger partial charge in [0, 0.05) is 27.8 Å². The van der Waals surface area contributed by atoms with Crippen molar-refractivity contribution in [3.8, 4) is 5.75 Å². The topological polar surface area (TPSA) is 27.7 Å². The molecule has 0 spiro atoms. The number of fused-ring (bicyclic) bond motifs is 1. The van der Waals surface area contributed by atoms with Crippen LogP contribution < -0.4 is 4.74 Å². The Labute approximate surface area is 187 Å². The Morgan fingerprint density at radius 1 is 1.06 bits per heavy atom. The normalized spacial score (nSPS) is 24.2. The van der Waals surface area contributed by atoms with Crippen molar-refractivity contribution in [1.29, 1.82) is 0 Å². The molecule has 6 heteroatoms. The summed E-state index contributed by atoms with van der Waals surface area (Å²) in [5.74, 6) is -2.20. The molecule has 0 radical (unpaired) electrons. The fraction of sp³-hybridized carbons (Fsp3) is 0.440. The van der Waals surface area contributed by atoms with Gasteiger partial charge in [-0.3, -0.25) is 0 Å². The van der Waals surface area contributed by atoms with Crippen molar-refractivity contribution in [1.82, 2.24) is 0 Å². The summed E-state index contributed by atoms with van der Waals surface area (Å²) in [7, 11) is 0. The molecule has 4 rings (SSSR count). The predicted molar refractivity (Wildman–Crippen MR) is 116 cm³/mol. The molecule has 1 saturated heterocycles. The summed E-state index contributed by atoms with van der Waals surface area (Å²) in [6.07, 6.45) is 2.96. The van der Waals surface area contributed by atoms with Gasteiger partial charge in [-0.2, -0.15) is 0 Å². The lowest BCUT2D eigenvalue weighted by Crippen LogP contribution is -2.54. The summed E-state index contributed by atoms with van der Waals surface area (Å²) in [6.45, 7) is 8.75. The predicted octanol–water partition coefficient (Wildman–Crippen LogP) is 6.30. The van der Waals surface area contributed by atoms with Gasteiger partial charge in [0.1, 0.15) is 5.82 Å². The third-order valence-corrected chi connectivity index (χ3v) is 6.73. The van der Waals surface area contributed by atoms with Crippen LogP contribution in [0.5, 0.6) is 5.75 Å². The second-order valence-electron chi connectivity index (χ2n) is 8.96. The number of allylic oxidation sites excluding steroid dienone is 1. The Bertz CT molecular complexity index is 948. The fourth-order valence-corrected chi connectivity index (χ4v) is 4.87. The lowest BCUT2D eigenvalue weighted by molar-refractivity contribution is -0.296. The second-order valence-corrected chi connectivity index (χ2v) is 9.40. The van der Waals surface area contributed by atoms with E-state index < -0.39 is 22.8 Å². The first-order valence-corrected chi connectivity index (χ1v) is 10.9. The van der Waals surface area contributed by atoms with Gasteiger partial charge in [0.25, 0.3) is 0 Å². The molecule has 2 aromatic rings. The van der Waals surface area contributed by atoms with Crippen LogP contribution >= 0.6 is 11.6 Å². The van der Waals surface area contributed by atoms with Crippen molar-refractivity contribution >= 4 is 11.6 Å². The number of benzene rings is 2. The van der Waals surface area contributed by atoms with Crippen LogP contribution in [0, 0.1) is 23.0 Å². The van der Waals surface area contributed by atoms with Crippen LogP contribution in [0.25, 0.3) is 0 Å². The van der Waals surface area contributed by atoms with Gasteiger partial charge in [-0.25, -0.2) is 8.78 Å². The number of hydrogen-bond acceptors (Lipinski definition) is 3. The molecule has 166 valence electrons. The van der Waals surface area contributed by atoms with Crippen LogP contribution in [-0.2, 0) is 15.9 Å². The van der Waals surface area contributed by atoms with E-state index >= 15 is 4.39 Å². The molecular weight excluding hydrogens is 422 g/mol. The Kier molecular flexibility index (Phi) is 6.12. The van der Waals surface area contributed by atoms with Crippen molar-refractivity contribution in [2.75, 3.05) is 19.8 Å². The zero-order valence-corrected chi connectivity index (χ0v) is 18.6. The highest BCUT2D eigenvalue weighted by Crippen LogP contribution is 2.51. The molecule has 2 aliphatic rings. The van der Waals surface area contributed by atoms with Crippen LogP contribution in [-0.4, -0.2) is 25.6 Å². The molecular formula is C25H27ClF2O3. The highest BCUT2D eigenvalue weighted by molar-refractivity contribution is 6.30. The molecule has 2 aliphatic heterocycles. The van der Waals surface area contributed by atoms with E-state index in [1.807, 2.05) is 44.2 Å². The molecule has 0 N–H and O–H groups in total. The van der Waals surface area contributed by atoms with Crippen molar-refractivity contribution in [2.24, 2.45) is 11.3 Å². The number of hydrogen-bond donors (Lipinski definition) is 0. The number of halogens is 3. The Morgan fingerprint density at radius 3 is 2.35 bits per heavy atom. The van der Waals surface area contributed by atoms with Crippen molar-refractivity contribution in [3.05, 3.63) is 76.8 Å². The van der Waals surface area contributed by atoms with E-state index in [0.29, 0.717) is 31.1 Å². The highest BCUT2D eigenvalue weighted by Gasteiger charge is 2.51. The van der Waals surface area contributed by atoms with E-state index in [4.69, 9.17) is 25.8 Å². The van der Waals surface area contributed by atoms with Gasteiger partial charge in [0.15, 0.2) is 17.4 Å². The van der Waals surface area contributed by atoms with Gasteiger partial charge >= 0.3 is 0 Å². The summed E-state index contributed by atoms with van der Waals surface area (Å²) in [6, 6.07) is 9.74. The maximum atomic E-state index is 15.1. The second kappa shape index (κ2) is 8.53. The van der Waals surface area contributed by atoms with E-state index in [-0.39, 0.29) is 29.8 Å². The third-order valence-electron chi connectivity index (χ3n) is 6.48. The van der Waals surface area contributed by atoms with Crippen LogP contribution in [0.1, 0.15) is 37.3 Å². The van der Waals surface area contributed by atoms with Crippen LogP contribution in [0.15, 0.2) is 49.1 Å². The first kappa shape index (κ1) is 22.3. The minimum Gasteiger partial charge on any atom is -0.490 e. The van der Waals surface area contributed by atoms with E-state index in [2.05, 4.69) is 6.58 Å². The molecule has 0 aromatic heterocycles. The Hall–Kier alpha value is -1.95.